The van der Waals surface area contributed by atoms with Gasteiger partial charge in [-0.05, 0) is 25.5 Å². The van der Waals surface area contributed by atoms with E-state index in [4.69, 9.17) is 9.47 Å². The zero-order chi connectivity index (χ0) is 15.3. The molecular formula is C14H21N3O4. The number of carbonyl (C=O) groups is 2. The molecule has 7 nitrogen and oxygen atoms in total. The first kappa shape index (κ1) is 16.6. The lowest BCUT2D eigenvalue weighted by atomic mass is 10.3. The summed E-state index contributed by atoms with van der Waals surface area (Å²) in [4.78, 5) is 21.5. The van der Waals surface area contributed by atoms with Crippen LogP contribution < -0.4 is 25.4 Å². The van der Waals surface area contributed by atoms with Gasteiger partial charge >= 0.3 is 6.03 Å². The second kappa shape index (κ2) is 10.4. The smallest absolute Gasteiger partial charge is 0.317 e. The molecule has 0 saturated carbocycles. The molecule has 0 radical (unpaired) electrons. The van der Waals surface area contributed by atoms with Gasteiger partial charge in [0, 0.05) is 13.1 Å². The summed E-state index contributed by atoms with van der Waals surface area (Å²) in [6.07, 6.45) is 1.30. The summed E-state index contributed by atoms with van der Waals surface area (Å²) in [5.41, 5.74) is 0. The Morgan fingerprint density at radius 2 is 1.86 bits per heavy atom. The van der Waals surface area contributed by atoms with Crippen LogP contribution in [0.5, 0.6) is 11.5 Å². The van der Waals surface area contributed by atoms with E-state index in [2.05, 4.69) is 16.0 Å². The maximum absolute atomic E-state index is 11.5. The summed E-state index contributed by atoms with van der Waals surface area (Å²) in [6, 6.07) is 6.94. The average molecular weight is 295 g/mol. The van der Waals surface area contributed by atoms with Crippen LogP contribution in [0.2, 0.25) is 0 Å². The lowest BCUT2D eigenvalue weighted by molar-refractivity contribution is -0.109. The third-order valence-electron chi connectivity index (χ3n) is 2.48. The van der Waals surface area contributed by atoms with Crippen molar-refractivity contribution in [1.29, 1.82) is 0 Å². The minimum atomic E-state index is -0.324. The third-order valence-corrected chi connectivity index (χ3v) is 2.48. The predicted octanol–water partition coefficient (Wildman–Crippen LogP) is 0.857. The number of para-hydroxylation sites is 2. The van der Waals surface area contributed by atoms with Gasteiger partial charge in [-0.2, -0.15) is 0 Å². The van der Waals surface area contributed by atoms with Gasteiger partial charge in [-0.25, -0.2) is 4.79 Å². The van der Waals surface area contributed by atoms with Gasteiger partial charge in [-0.15, -0.1) is 0 Å². The van der Waals surface area contributed by atoms with Crippen LogP contribution in [0.1, 0.15) is 13.3 Å². The zero-order valence-corrected chi connectivity index (χ0v) is 12.1. The molecule has 0 fully saturated rings. The molecule has 0 heterocycles. The topological polar surface area (TPSA) is 88.7 Å². The summed E-state index contributed by atoms with van der Waals surface area (Å²) < 4.78 is 10.9. The molecule has 0 atom stereocenters. The molecule has 0 aromatic heterocycles. The Bertz CT molecular complexity index is 440. The normalized spacial score (nSPS) is 9.57. The molecule has 3 amide bonds. The Morgan fingerprint density at radius 1 is 1.14 bits per heavy atom. The highest BCUT2D eigenvalue weighted by atomic mass is 16.5. The number of ether oxygens (including phenoxy) is 2. The van der Waals surface area contributed by atoms with E-state index in [0.717, 1.165) is 0 Å². The molecule has 1 aromatic carbocycles. The first-order valence-corrected chi connectivity index (χ1v) is 6.81. The van der Waals surface area contributed by atoms with Crippen molar-refractivity contribution in [1.82, 2.24) is 16.0 Å². The van der Waals surface area contributed by atoms with Crippen LogP contribution in [-0.4, -0.2) is 38.9 Å². The SMILES string of the molecule is CCOc1ccccc1OCNC(=O)NCCCNC=O. The molecule has 0 aliphatic rings. The second-order valence-corrected chi connectivity index (χ2v) is 4.03. The molecule has 7 heteroatoms. The zero-order valence-electron chi connectivity index (χ0n) is 12.1. The molecule has 116 valence electrons. The van der Waals surface area contributed by atoms with Crippen LogP contribution >= 0.6 is 0 Å². The van der Waals surface area contributed by atoms with Crippen LogP contribution in [0.15, 0.2) is 24.3 Å². The monoisotopic (exact) mass is 295 g/mol. The first-order valence-electron chi connectivity index (χ1n) is 6.81. The molecule has 0 aliphatic heterocycles. The summed E-state index contributed by atoms with van der Waals surface area (Å²) >= 11 is 0. The Hall–Kier alpha value is -2.44. The average Bonchev–Trinajstić information content (AvgIpc) is 2.49. The maximum atomic E-state index is 11.5. The van der Waals surface area contributed by atoms with E-state index >= 15 is 0 Å². The summed E-state index contributed by atoms with van der Waals surface area (Å²) in [6.45, 7) is 3.48. The highest BCUT2D eigenvalue weighted by molar-refractivity contribution is 5.73. The lowest BCUT2D eigenvalue weighted by Crippen LogP contribution is -2.38. The van der Waals surface area contributed by atoms with Crippen molar-refractivity contribution in [2.24, 2.45) is 0 Å². The van der Waals surface area contributed by atoms with Crippen LogP contribution in [0.25, 0.3) is 0 Å². The van der Waals surface area contributed by atoms with Gasteiger partial charge in [0.05, 0.1) is 6.61 Å². The molecule has 21 heavy (non-hydrogen) atoms. The number of hydrogen-bond donors (Lipinski definition) is 3. The fourth-order valence-electron chi connectivity index (χ4n) is 1.54. The van der Waals surface area contributed by atoms with E-state index < -0.39 is 0 Å². The molecule has 1 rings (SSSR count). The molecule has 1 aromatic rings. The third kappa shape index (κ3) is 7.05. The van der Waals surface area contributed by atoms with Crippen molar-refractivity contribution in [2.45, 2.75) is 13.3 Å². The molecular weight excluding hydrogens is 274 g/mol. The Morgan fingerprint density at radius 3 is 2.52 bits per heavy atom. The maximum Gasteiger partial charge on any atom is 0.317 e. The van der Waals surface area contributed by atoms with Crippen LogP contribution in [0, 0.1) is 0 Å². The first-order chi connectivity index (χ1) is 10.3. The van der Waals surface area contributed by atoms with E-state index in [1.54, 1.807) is 12.1 Å². The number of amides is 3. The lowest BCUT2D eigenvalue weighted by Gasteiger charge is -2.12. The van der Waals surface area contributed by atoms with Gasteiger partial charge in [-0.3, -0.25) is 4.79 Å². The molecule has 3 N–H and O–H groups in total. The van der Waals surface area contributed by atoms with Crippen molar-refractivity contribution in [2.75, 3.05) is 26.4 Å². The van der Waals surface area contributed by atoms with Gasteiger partial charge < -0.3 is 25.4 Å². The quantitative estimate of drug-likeness (QED) is 0.339. The predicted molar refractivity (Wildman–Crippen MR) is 78.3 cm³/mol. The van der Waals surface area contributed by atoms with Gasteiger partial charge in [0.15, 0.2) is 18.2 Å². The van der Waals surface area contributed by atoms with Crippen molar-refractivity contribution < 1.29 is 19.1 Å². The van der Waals surface area contributed by atoms with Gasteiger partial charge in [0.1, 0.15) is 0 Å². The summed E-state index contributed by atoms with van der Waals surface area (Å²) in [7, 11) is 0. The molecule has 0 saturated heterocycles. The van der Waals surface area contributed by atoms with Gasteiger partial charge in [-0.1, -0.05) is 12.1 Å². The Balaban J connectivity index is 2.20. The van der Waals surface area contributed by atoms with E-state index in [-0.39, 0.29) is 12.8 Å². The molecule has 0 spiro atoms. The second-order valence-electron chi connectivity index (χ2n) is 4.03. The van der Waals surface area contributed by atoms with E-state index in [0.29, 0.717) is 44.0 Å². The van der Waals surface area contributed by atoms with Crippen LogP contribution in [0.4, 0.5) is 4.79 Å². The highest BCUT2D eigenvalue weighted by Gasteiger charge is 2.04. The van der Waals surface area contributed by atoms with Gasteiger partial charge in [0.2, 0.25) is 6.41 Å². The fraction of sp³-hybridized carbons (Fsp3) is 0.429. The number of nitrogens with one attached hydrogen (secondary N) is 3. The number of rotatable bonds is 10. The minimum absolute atomic E-state index is 0.0442. The molecule has 0 aliphatic carbocycles. The number of benzene rings is 1. The van der Waals surface area contributed by atoms with E-state index in [9.17, 15) is 9.59 Å². The van der Waals surface area contributed by atoms with Crippen molar-refractivity contribution in [3.63, 3.8) is 0 Å². The van der Waals surface area contributed by atoms with Crippen molar-refractivity contribution in [3.8, 4) is 11.5 Å². The number of urea groups is 1. The molecule has 0 bridgehead atoms. The minimum Gasteiger partial charge on any atom is -0.490 e. The Kier molecular flexibility index (Phi) is 8.20. The van der Waals surface area contributed by atoms with Crippen LogP contribution in [-0.2, 0) is 4.79 Å². The van der Waals surface area contributed by atoms with Crippen molar-refractivity contribution >= 4 is 12.4 Å². The van der Waals surface area contributed by atoms with E-state index in [1.807, 2.05) is 19.1 Å². The van der Waals surface area contributed by atoms with Crippen molar-refractivity contribution in [3.05, 3.63) is 24.3 Å². The number of carbonyl (C=O) groups excluding carboxylic acids is 2. The molecule has 0 unspecified atom stereocenters. The fourth-order valence-corrected chi connectivity index (χ4v) is 1.54. The van der Waals surface area contributed by atoms with Crippen LogP contribution in [0.3, 0.4) is 0 Å². The summed E-state index contributed by atoms with van der Waals surface area (Å²) in [5.74, 6) is 1.22. The highest BCUT2D eigenvalue weighted by Crippen LogP contribution is 2.25. The number of hydrogen-bond acceptors (Lipinski definition) is 4. The van der Waals surface area contributed by atoms with Gasteiger partial charge in [0.25, 0.3) is 0 Å². The summed E-state index contributed by atoms with van der Waals surface area (Å²) in [5, 5.41) is 7.74. The standard InChI is InChI=1S/C14H21N3O4/c1-2-20-12-6-3-4-7-13(12)21-11-17-14(19)16-9-5-8-15-10-18/h3-4,6-7,10H,2,5,8-9,11H2,1H3,(H,15,18)(H2,16,17,19). The largest absolute Gasteiger partial charge is 0.490 e. The Labute approximate surface area is 124 Å². The van der Waals surface area contributed by atoms with E-state index in [1.165, 1.54) is 0 Å².